The summed E-state index contributed by atoms with van der Waals surface area (Å²) in [7, 11) is 0. The summed E-state index contributed by atoms with van der Waals surface area (Å²) in [5.74, 6) is 3.90. The van der Waals surface area contributed by atoms with Crippen molar-refractivity contribution < 1.29 is 4.74 Å². The molecule has 3 rings (SSSR count). The van der Waals surface area contributed by atoms with Gasteiger partial charge in [0.25, 0.3) is 0 Å². The highest BCUT2D eigenvalue weighted by molar-refractivity contribution is 8.12. The molecule has 0 aromatic carbocycles. The van der Waals surface area contributed by atoms with E-state index in [9.17, 15) is 0 Å². The number of hydrogen-bond donors (Lipinski definition) is 1. The Labute approximate surface area is 264 Å². The smallest absolute Gasteiger partial charge is 0.170 e. The summed E-state index contributed by atoms with van der Waals surface area (Å²) in [6.07, 6.45) is 3.76. The third kappa shape index (κ3) is 19.0. The highest BCUT2D eigenvalue weighted by atomic mass is 32.2. The van der Waals surface area contributed by atoms with Crippen LogP contribution < -0.4 is 5.32 Å². The van der Waals surface area contributed by atoms with Crippen LogP contribution in [-0.4, -0.2) is 53.8 Å². The third-order valence-electron chi connectivity index (χ3n) is 6.54. The topological polar surface area (TPSA) is 58.3 Å². The van der Waals surface area contributed by atoms with Crippen LogP contribution in [0.2, 0.25) is 0 Å². The Morgan fingerprint density at radius 2 is 1.00 bits per heavy atom. The maximum atomic E-state index is 5.40. The molecule has 3 aliphatic heterocycles. The van der Waals surface area contributed by atoms with Gasteiger partial charge < -0.3 is 10.1 Å². The second kappa shape index (κ2) is 29.1. The van der Waals surface area contributed by atoms with Crippen molar-refractivity contribution in [2.24, 2.45) is 50.5 Å². The molecule has 0 saturated carbocycles. The second-order valence-corrected chi connectivity index (χ2v) is 12.6. The van der Waals surface area contributed by atoms with Crippen LogP contribution in [0.4, 0.5) is 0 Å². The fourth-order valence-corrected chi connectivity index (χ4v) is 5.68. The summed E-state index contributed by atoms with van der Waals surface area (Å²) >= 11 is 1.90. The molecule has 6 unspecified atom stereocenters. The number of ether oxygens (including phenoxy) is 1. The van der Waals surface area contributed by atoms with Gasteiger partial charge in [-0.1, -0.05) is 138 Å². The van der Waals surface area contributed by atoms with E-state index in [0.29, 0.717) is 59.9 Å². The molecule has 0 spiro atoms. The quantitative estimate of drug-likeness (QED) is 0.330. The van der Waals surface area contributed by atoms with E-state index in [1.54, 1.807) is 6.40 Å². The average Bonchev–Trinajstić information content (AvgIpc) is 3.74. The molecule has 5 nitrogen and oxygen atoms in total. The standard InChI is InChI=1S/C9H18N2.C9H17NO.C9H17NS.4C2H6/c3*1-6(2)8-9(7(3)4)11-5-10-8;4*1-2/h5-9H,1-4H3,(H,10,11);2*5-9H,1-4H3;4*1-2H3. The van der Waals surface area contributed by atoms with Crippen LogP contribution in [0, 0.1) is 35.5 Å². The molecule has 6 atom stereocenters. The first kappa shape index (κ1) is 46.9. The largest absolute Gasteiger partial charge is 0.478 e. The predicted molar refractivity (Wildman–Crippen MR) is 194 cm³/mol. The molecule has 0 aromatic rings. The molecule has 3 heterocycles. The lowest BCUT2D eigenvalue weighted by Crippen LogP contribution is -2.39. The molecule has 0 aliphatic carbocycles. The zero-order chi connectivity index (χ0) is 33.3. The van der Waals surface area contributed by atoms with E-state index in [-0.39, 0.29) is 0 Å². The fraction of sp³-hybridized carbons (Fsp3) is 0.914. The van der Waals surface area contributed by atoms with Crippen molar-refractivity contribution in [1.29, 1.82) is 0 Å². The van der Waals surface area contributed by atoms with Crippen molar-refractivity contribution >= 4 is 30.0 Å². The van der Waals surface area contributed by atoms with Crippen molar-refractivity contribution in [1.82, 2.24) is 5.32 Å². The molecule has 0 bridgehead atoms. The zero-order valence-electron chi connectivity index (χ0n) is 31.3. The van der Waals surface area contributed by atoms with Crippen LogP contribution >= 0.6 is 11.8 Å². The van der Waals surface area contributed by atoms with Crippen LogP contribution in [-0.2, 0) is 4.74 Å². The molecule has 0 radical (unpaired) electrons. The van der Waals surface area contributed by atoms with Crippen LogP contribution in [0.3, 0.4) is 0 Å². The van der Waals surface area contributed by atoms with Gasteiger partial charge in [-0.2, -0.15) is 0 Å². The van der Waals surface area contributed by atoms with Crippen LogP contribution in [0.1, 0.15) is 138 Å². The third-order valence-corrected chi connectivity index (χ3v) is 7.92. The van der Waals surface area contributed by atoms with Gasteiger partial charge in [0, 0.05) is 5.25 Å². The fourth-order valence-electron chi connectivity index (χ4n) is 4.47. The van der Waals surface area contributed by atoms with E-state index in [1.807, 2.05) is 79.0 Å². The van der Waals surface area contributed by atoms with Crippen LogP contribution in [0.15, 0.2) is 15.0 Å². The second-order valence-electron chi connectivity index (χ2n) is 11.6. The lowest BCUT2D eigenvalue weighted by molar-refractivity contribution is 0.130. The maximum absolute atomic E-state index is 5.40. The first-order valence-corrected chi connectivity index (χ1v) is 17.9. The average molecular weight is 601 g/mol. The lowest BCUT2D eigenvalue weighted by atomic mass is 9.90. The molecule has 248 valence electrons. The first-order chi connectivity index (χ1) is 19.4. The van der Waals surface area contributed by atoms with Gasteiger partial charge in [-0.3, -0.25) is 15.0 Å². The molecule has 0 fully saturated rings. The van der Waals surface area contributed by atoms with Gasteiger partial charge >= 0.3 is 0 Å². The van der Waals surface area contributed by atoms with E-state index < -0.39 is 0 Å². The van der Waals surface area contributed by atoms with E-state index in [1.165, 1.54) is 0 Å². The minimum absolute atomic E-state index is 0.301. The Kier molecular flexibility index (Phi) is 33.2. The highest BCUT2D eigenvalue weighted by Gasteiger charge is 2.31. The maximum Gasteiger partial charge on any atom is 0.170 e. The van der Waals surface area contributed by atoms with Crippen LogP contribution in [0.5, 0.6) is 0 Å². The minimum Gasteiger partial charge on any atom is -0.478 e. The molecule has 3 aliphatic rings. The van der Waals surface area contributed by atoms with Crippen molar-refractivity contribution in [2.45, 2.75) is 174 Å². The monoisotopic (exact) mass is 601 g/mol. The van der Waals surface area contributed by atoms with Crippen LogP contribution in [0.25, 0.3) is 0 Å². The number of nitrogens with zero attached hydrogens (tertiary/aromatic N) is 3. The summed E-state index contributed by atoms with van der Waals surface area (Å²) in [4.78, 5) is 13.2. The van der Waals surface area contributed by atoms with E-state index in [2.05, 4.69) is 103 Å². The normalized spacial score (nSPS) is 24.9. The van der Waals surface area contributed by atoms with Gasteiger partial charge in [0.15, 0.2) is 6.40 Å². The van der Waals surface area contributed by atoms with Crippen molar-refractivity contribution in [3.63, 3.8) is 0 Å². The van der Waals surface area contributed by atoms with Gasteiger partial charge in [0.2, 0.25) is 0 Å². The molecular formula is C35H76N4OS. The number of nitrogens with one attached hydrogen (secondary N) is 1. The Bertz CT molecular complexity index is 544. The van der Waals surface area contributed by atoms with Gasteiger partial charge in [0.05, 0.1) is 36.1 Å². The van der Waals surface area contributed by atoms with Gasteiger partial charge in [-0.05, 0) is 35.5 Å². The van der Waals surface area contributed by atoms with E-state index in [4.69, 9.17) is 4.74 Å². The Morgan fingerprint density at radius 3 is 1.29 bits per heavy atom. The SMILES string of the molecule is CC.CC.CC.CC.CC(C)C1N=CNC1C(C)C.CC(C)C1N=COC1C(C)C.CC(C)C1N=CSC1C(C)C. The summed E-state index contributed by atoms with van der Waals surface area (Å²) < 4.78 is 5.40. The molecule has 41 heavy (non-hydrogen) atoms. The predicted octanol–water partition coefficient (Wildman–Crippen LogP) is 10.7. The summed E-state index contributed by atoms with van der Waals surface area (Å²) in [6, 6.07) is 1.96. The molecular weight excluding hydrogens is 524 g/mol. The summed E-state index contributed by atoms with van der Waals surface area (Å²) in [5, 5.41) is 4.01. The Balaban J connectivity index is -0.000000222. The highest BCUT2D eigenvalue weighted by Crippen LogP contribution is 2.32. The van der Waals surface area contributed by atoms with Crippen molar-refractivity contribution in [2.75, 3.05) is 0 Å². The van der Waals surface area contributed by atoms with Gasteiger partial charge in [0.1, 0.15) is 6.10 Å². The van der Waals surface area contributed by atoms with E-state index >= 15 is 0 Å². The van der Waals surface area contributed by atoms with Gasteiger partial charge in [-0.15, -0.1) is 11.8 Å². The van der Waals surface area contributed by atoms with E-state index in [0.717, 1.165) is 11.2 Å². The van der Waals surface area contributed by atoms with Gasteiger partial charge in [-0.25, -0.2) is 0 Å². The Morgan fingerprint density at radius 1 is 0.537 bits per heavy atom. The summed E-state index contributed by atoms with van der Waals surface area (Å²) in [6.45, 7) is 42.7. The molecule has 0 aromatic heterocycles. The minimum atomic E-state index is 0.301. The molecule has 1 N–H and O–H groups in total. The molecule has 6 heteroatoms. The zero-order valence-corrected chi connectivity index (χ0v) is 32.1. The van der Waals surface area contributed by atoms with Crippen molar-refractivity contribution in [3.8, 4) is 0 Å². The number of thioether (sulfide) groups is 1. The summed E-state index contributed by atoms with van der Waals surface area (Å²) in [5.41, 5.74) is 2.02. The molecule has 0 amide bonds. The van der Waals surface area contributed by atoms with Crippen molar-refractivity contribution in [3.05, 3.63) is 0 Å². The Hall–Kier alpha value is -1.04. The number of aliphatic imine (C=N–C) groups is 3. The lowest BCUT2D eigenvalue weighted by Gasteiger charge is -2.24. The molecule has 0 saturated heterocycles. The first-order valence-electron chi connectivity index (χ1n) is 17.0. The number of rotatable bonds is 6. The number of hydrogen-bond acceptors (Lipinski definition) is 6.